The summed E-state index contributed by atoms with van der Waals surface area (Å²) in [6.07, 6.45) is 0.804. The molecule has 0 aliphatic carbocycles. The van der Waals surface area contributed by atoms with E-state index < -0.39 is 16.1 Å². The van der Waals surface area contributed by atoms with Crippen LogP contribution in [0.5, 0.6) is 0 Å². The third kappa shape index (κ3) is 5.42. The zero-order chi connectivity index (χ0) is 26.7. The van der Waals surface area contributed by atoms with Crippen molar-refractivity contribution < 1.29 is 18.0 Å². The number of hydrogen-bond donors (Lipinski definition) is 1. The number of amides is 2. The van der Waals surface area contributed by atoms with Crippen molar-refractivity contribution in [3.63, 3.8) is 0 Å². The molecule has 1 atom stereocenters. The van der Waals surface area contributed by atoms with Crippen molar-refractivity contribution in [1.82, 2.24) is 10.2 Å². The van der Waals surface area contributed by atoms with Gasteiger partial charge in [-0.2, -0.15) is 0 Å². The minimum absolute atomic E-state index is 0.0789. The Labute approximate surface area is 227 Å². The topological polar surface area (TPSA) is 86.8 Å². The Morgan fingerprint density at radius 1 is 1.03 bits per heavy atom. The van der Waals surface area contributed by atoms with Crippen LogP contribution in [0.4, 0.5) is 5.69 Å². The van der Waals surface area contributed by atoms with Gasteiger partial charge in [0.25, 0.3) is 10.0 Å². The molecule has 0 bridgehead atoms. The van der Waals surface area contributed by atoms with Crippen molar-refractivity contribution in [3.8, 4) is 0 Å². The van der Waals surface area contributed by atoms with Gasteiger partial charge in [0.1, 0.15) is 6.04 Å². The van der Waals surface area contributed by atoms with E-state index in [1.165, 1.54) is 4.31 Å². The maximum absolute atomic E-state index is 13.5. The van der Waals surface area contributed by atoms with Crippen LogP contribution < -0.4 is 9.62 Å². The molecule has 37 heavy (non-hydrogen) atoms. The summed E-state index contributed by atoms with van der Waals surface area (Å²) in [5.41, 5.74) is 1.37. The largest absolute Gasteiger partial charge is 0.355 e. The molecule has 0 unspecified atom stereocenters. The minimum atomic E-state index is -3.70. The fourth-order valence-electron chi connectivity index (χ4n) is 4.76. The number of nitrogens with zero attached hydrogens (tertiary/aromatic N) is 2. The molecule has 1 aliphatic heterocycles. The number of sulfonamides is 1. The second-order valence-corrected chi connectivity index (χ2v) is 11.5. The molecule has 4 rings (SSSR count). The van der Waals surface area contributed by atoms with Crippen LogP contribution in [-0.2, 0) is 26.2 Å². The fraction of sp³-hybridized carbons (Fsp3) is 0.333. The van der Waals surface area contributed by atoms with Crippen LogP contribution >= 0.6 is 23.2 Å². The van der Waals surface area contributed by atoms with Gasteiger partial charge >= 0.3 is 0 Å². The first-order valence-corrected chi connectivity index (χ1v) is 14.4. The molecular weight excluding hydrogens is 533 g/mol. The molecule has 0 saturated carbocycles. The molecule has 7 nitrogen and oxygen atoms in total. The molecule has 1 aliphatic rings. The number of likely N-dealkylation sites (N-methyl/N-ethyl adjacent to an activating group) is 1. The standard InChI is InChI=1S/C27H29Cl2N3O4S/c1-3-22(27(34)30-4-2)31(17-18-13-14-20(28)21(29)16-18)25(33)12-7-15-32-23-10-5-8-19-9-6-11-24(26(19)23)37(32,35)36/h5-6,8-11,13-14,16,22H,3-4,7,12,15,17H2,1-2H3,(H,30,34)/t22-/m1/s1. The van der Waals surface area contributed by atoms with Crippen molar-refractivity contribution in [2.75, 3.05) is 17.4 Å². The van der Waals surface area contributed by atoms with Gasteiger partial charge in [0.15, 0.2) is 0 Å². The molecule has 1 heterocycles. The Kier molecular flexibility index (Phi) is 8.31. The summed E-state index contributed by atoms with van der Waals surface area (Å²) in [5.74, 6) is -0.473. The van der Waals surface area contributed by atoms with Crippen molar-refractivity contribution in [2.45, 2.75) is 50.6 Å². The van der Waals surface area contributed by atoms with Crippen molar-refractivity contribution >= 4 is 61.5 Å². The number of hydrogen-bond acceptors (Lipinski definition) is 4. The number of halogens is 2. The van der Waals surface area contributed by atoms with E-state index in [0.29, 0.717) is 40.5 Å². The van der Waals surface area contributed by atoms with E-state index in [4.69, 9.17) is 23.2 Å². The van der Waals surface area contributed by atoms with Crippen LogP contribution in [0.1, 0.15) is 38.7 Å². The lowest BCUT2D eigenvalue weighted by molar-refractivity contribution is -0.141. The Balaban J connectivity index is 1.53. The smallest absolute Gasteiger partial charge is 0.265 e. The van der Waals surface area contributed by atoms with Crippen molar-refractivity contribution in [1.29, 1.82) is 0 Å². The third-order valence-corrected chi connectivity index (χ3v) is 9.10. The molecule has 2 amide bonds. The van der Waals surface area contributed by atoms with Gasteiger partial charge in [-0.25, -0.2) is 8.42 Å². The predicted octanol–water partition coefficient (Wildman–Crippen LogP) is 5.38. The highest BCUT2D eigenvalue weighted by atomic mass is 35.5. The molecule has 3 aromatic rings. The lowest BCUT2D eigenvalue weighted by Gasteiger charge is -2.31. The highest BCUT2D eigenvalue weighted by molar-refractivity contribution is 7.93. The number of carbonyl (C=O) groups excluding carboxylic acids is 2. The molecule has 0 spiro atoms. The molecule has 3 aromatic carbocycles. The molecule has 196 valence electrons. The quantitative estimate of drug-likeness (QED) is 0.360. The monoisotopic (exact) mass is 561 g/mol. The predicted molar refractivity (Wildman–Crippen MR) is 147 cm³/mol. The zero-order valence-electron chi connectivity index (χ0n) is 20.7. The second-order valence-electron chi connectivity index (χ2n) is 8.90. The molecule has 0 aromatic heterocycles. The lowest BCUT2D eigenvalue weighted by atomic mass is 10.1. The van der Waals surface area contributed by atoms with Crippen LogP contribution in [0, 0.1) is 0 Å². The summed E-state index contributed by atoms with van der Waals surface area (Å²) < 4.78 is 27.9. The van der Waals surface area contributed by atoms with Crippen LogP contribution in [0.25, 0.3) is 10.8 Å². The summed E-state index contributed by atoms with van der Waals surface area (Å²) in [6, 6.07) is 15.2. The number of rotatable bonds is 10. The van der Waals surface area contributed by atoms with E-state index in [0.717, 1.165) is 10.9 Å². The summed E-state index contributed by atoms with van der Waals surface area (Å²) >= 11 is 12.2. The zero-order valence-corrected chi connectivity index (χ0v) is 23.0. The molecule has 1 N–H and O–H groups in total. The van der Waals surface area contributed by atoms with Gasteiger partial charge < -0.3 is 10.2 Å². The Morgan fingerprint density at radius 3 is 2.43 bits per heavy atom. The van der Waals surface area contributed by atoms with Gasteiger partial charge in [-0.05, 0) is 55.0 Å². The van der Waals surface area contributed by atoms with E-state index in [2.05, 4.69) is 5.32 Å². The maximum Gasteiger partial charge on any atom is 0.265 e. The first kappa shape index (κ1) is 27.2. The minimum Gasteiger partial charge on any atom is -0.355 e. The molecular formula is C27H29Cl2N3O4S. The molecule has 0 saturated heterocycles. The molecule has 0 radical (unpaired) electrons. The van der Waals surface area contributed by atoms with E-state index in [1.54, 1.807) is 41.3 Å². The number of benzene rings is 3. The SMILES string of the molecule is CCNC(=O)[C@@H](CC)N(Cc1ccc(Cl)c(Cl)c1)C(=O)CCCN1c2cccc3cccc(c23)S1(=O)=O. The highest BCUT2D eigenvalue weighted by Gasteiger charge is 2.35. The summed E-state index contributed by atoms with van der Waals surface area (Å²) in [6.45, 7) is 4.45. The number of nitrogens with one attached hydrogen (secondary N) is 1. The van der Waals surface area contributed by atoms with Crippen LogP contribution in [0.3, 0.4) is 0 Å². The van der Waals surface area contributed by atoms with E-state index in [1.807, 2.05) is 32.0 Å². The average Bonchev–Trinajstić information content (AvgIpc) is 3.09. The van der Waals surface area contributed by atoms with Gasteiger partial charge in [-0.1, -0.05) is 60.5 Å². The third-order valence-electron chi connectivity index (χ3n) is 6.51. The van der Waals surface area contributed by atoms with Crippen LogP contribution in [-0.4, -0.2) is 44.3 Å². The van der Waals surface area contributed by atoms with Crippen molar-refractivity contribution in [2.24, 2.45) is 0 Å². The number of anilines is 1. The van der Waals surface area contributed by atoms with E-state index >= 15 is 0 Å². The summed E-state index contributed by atoms with van der Waals surface area (Å²) in [7, 11) is -3.70. The normalized spacial score (nSPS) is 14.5. The first-order chi connectivity index (χ1) is 17.7. The van der Waals surface area contributed by atoms with Crippen LogP contribution in [0.15, 0.2) is 59.5 Å². The Bertz CT molecular complexity index is 1440. The first-order valence-electron chi connectivity index (χ1n) is 12.2. The van der Waals surface area contributed by atoms with Gasteiger partial charge in [0.05, 0.1) is 20.6 Å². The van der Waals surface area contributed by atoms with Gasteiger partial charge in [0, 0.05) is 31.4 Å². The molecule has 0 fully saturated rings. The number of carbonyl (C=O) groups is 2. The van der Waals surface area contributed by atoms with E-state index in [-0.39, 0.29) is 36.2 Å². The van der Waals surface area contributed by atoms with Gasteiger partial charge in [-0.15, -0.1) is 0 Å². The summed E-state index contributed by atoms with van der Waals surface area (Å²) in [4.78, 5) is 28.1. The van der Waals surface area contributed by atoms with Crippen LogP contribution in [0.2, 0.25) is 10.0 Å². The second kappa shape index (κ2) is 11.3. The highest BCUT2D eigenvalue weighted by Crippen LogP contribution is 2.42. The average molecular weight is 563 g/mol. The maximum atomic E-state index is 13.5. The Hall–Kier alpha value is -2.81. The lowest BCUT2D eigenvalue weighted by Crippen LogP contribution is -2.49. The summed E-state index contributed by atoms with van der Waals surface area (Å²) in [5, 5.41) is 5.14. The fourth-order valence-corrected chi connectivity index (χ4v) is 6.83. The molecule has 10 heteroatoms. The van der Waals surface area contributed by atoms with Gasteiger partial charge in [0.2, 0.25) is 11.8 Å². The van der Waals surface area contributed by atoms with Gasteiger partial charge in [-0.3, -0.25) is 13.9 Å². The van der Waals surface area contributed by atoms with E-state index in [9.17, 15) is 18.0 Å². The van der Waals surface area contributed by atoms with Crippen molar-refractivity contribution in [3.05, 3.63) is 70.2 Å². The Morgan fingerprint density at radius 2 is 1.76 bits per heavy atom.